The maximum absolute atomic E-state index is 14.0. The highest BCUT2D eigenvalue weighted by Crippen LogP contribution is 2.40. The first kappa shape index (κ1) is 13.8. The molecule has 21 heavy (non-hydrogen) atoms. The van der Waals surface area contributed by atoms with E-state index in [0.29, 0.717) is 23.7 Å². The normalized spacial score (nSPS) is 14.0. The summed E-state index contributed by atoms with van der Waals surface area (Å²) in [5.41, 5.74) is 1.69. The van der Waals surface area contributed by atoms with Crippen molar-refractivity contribution in [3.8, 4) is 11.5 Å². The molecule has 0 aliphatic heterocycles. The van der Waals surface area contributed by atoms with Gasteiger partial charge in [-0.1, -0.05) is 19.1 Å². The van der Waals surface area contributed by atoms with Gasteiger partial charge in [0.2, 0.25) is 0 Å². The summed E-state index contributed by atoms with van der Waals surface area (Å²) in [6.07, 6.45) is 2.87. The Bertz CT molecular complexity index is 657. The van der Waals surface area contributed by atoms with E-state index in [1.165, 1.54) is 30.5 Å². The summed E-state index contributed by atoms with van der Waals surface area (Å²) < 4.78 is 19.5. The summed E-state index contributed by atoms with van der Waals surface area (Å²) in [7, 11) is 0. The third-order valence-corrected chi connectivity index (χ3v) is 3.73. The van der Waals surface area contributed by atoms with E-state index in [4.69, 9.17) is 4.74 Å². The molecule has 3 heteroatoms. The summed E-state index contributed by atoms with van der Waals surface area (Å²) >= 11 is 0. The van der Waals surface area contributed by atoms with Gasteiger partial charge in [-0.25, -0.2) is 4.39 Å². The highest BCUT2D eigenvalue weighted by atomic mass is 19.1. The molecule has 0 unspecified atom stereocenters. The minimum Gasteiger partial charge on any atom is -0.454 e. The summed E-state index contributed by atoms with van der Waals surface area (Å²) in [5.74, 6) is 0.847. The fourth-order valence-electron chi connectivity index (χ4n) is 2.31. The maximum Gasteiger partial charge on any atom is 0.166 e. The van der Waals surface area contributed by atoms with E-state index in [2.05, 4.69) is 0 Å². The van der Waals surface area contributed by atoms with E-state index in [1.807, 2.05) is 24.3 Å². The minimum absolute atomic E-state index is 0.0748. The quantitative estimate of drug-likeness (QED) is 0.715. The van der Waals surface area contributed by atoms with Gasteiger partial charge in [-0.2, -0.15) is 0 Å². The lowest BCUT2D eigenvalue weighted by atomic mass is 10.1. The van der Waals surface area contributed by atoms with Crippen LogP contribution in [-0.4, -0.2) is 5.78 Å². The van der Waals surface area contributed by atoms with Gasteiger partial charge in [0.25, 0.3) is 0 Å². The highest BCUT2D eigenvalue weighted by Gasteiger charge is 2.23. The van der Waals surface area contributed by atoms with Gasteiger partial charge in [-0.15, -0.1) is 0 Å². The highest BCUT2D eigenvalue weighted by molar-refractivity contribution is 5.95. The lowest BCUT2D eigenvalue weighted by Crippen LogP contribution is -1.98. The zero-order valence-electron chi connectivity index (χ0n) is 11.9. The monoisotopic (exact) mass is 284 g/mol. The van der Waals surface area contributed by atoms with Gasteiger partial charge in [0.05, 0.1) is 0 Å². The van der Waals surface area contributed by atoms with Crippen molar-refractivity contribution in [2.45, 2.75) is 32.1 Å². The van der Waals surface area contributed by atoms with Crippen molar-refractivity contribution in [1.82, 2.24) is 0 Å². The summed E-state index contributed by atoms with van der Waals surface area (Å²) in [6, 6.07) is 12.1. The number of carbonyl (C=O) groups excluding carboxylic acids is 1. The lowest BCUT2D eigenvalue weighted by molar-refractivity contribution is 0.0987. The summed E-state index contributed by atoms with van der Waals surface area (Å²) in [4.78, 5) is 11.5. The van der Waals surface area contributed by atoms with Crippen LogP contribution in [0.1, 0.15) is 48.0 Å². The molecule has 0 atom stereocenters. The second-order valence-electron chi connectivity index (χ2n) is 5.37. The van der Waals surface area contributed by atoms with E-state index in [-0.39, 0.29) is 11.5 Å². The Labute approximate surface area is 123 Å². The van der Waals surface area contributed by atoms with Crippen LogP contribution in [0.5, 0.6) is 11.5 Å². The Kier molecular flexibility index (Phi) is 3.74. The zero-order valence-corrected chi connectivity index (χ0v) is 11.9. The molecule has 0 N–H and O–H groups in total. The Morgan fingerprint density at radius 1 is 1.19 bits per heavy atom. The van der Waals surface area contributed by atoms with Crippen molar-refractivity contribution < 1.29 is 13.9 Å². The van der Waals surface area contributed by atoms with Gasteiger partial charge >= 0.3 is 0 Å². The lowest BCUT2D eigenvalue weighted by Gasteiger charge is -2.08. The van der Waals surface area contributed by atoms with Gasteiger partial charge in [0, 0.05) is 12.0 Å². The number of benzene rings is 2. The first-order chi connectivity index (χ1) is 10.2. The molecule has 0 radical (unpaired) electrons. The topological polar surface area (TPSA) is 26.3 Å². The van der Waals surface area contributed by atoms with Crippen molar-refractivity contribution in [1.29, 1.82) is 0 Å². The van der Waals surface area contributed by atoms with Gasteiger partial charge in [0.15, 0.2) is 17.3 Å². The standard InChI is InChI=1S/C18H17FO2/c1-2-17(20)14-7-10-18(16(19)11-14)21-15-8-5-13(6-9-15)12-3-4-12/h5-12H,2-4H2,1H3. The van der Waals surface area contributed by atoms with Crippen LogP contribution >= 0.6 is 0 Å². The molecule has 0 aromatic heterocycles. The first-order valence-corrected chi connectivity index (χ1v) is 7.28. The first-order valence-electron chi connectivity index (χ1n) is 7.28. The molecule has 1 aliphatic rings. The molecular weight excluding hydrogens is 267 g/mol. The van der Waals surface area contributed by atoms with Gasteiger partial charge < -0.3 is 4.74 Å². The van der Waals surface area contributed by atoms with E-state index in [0.717, 1.165) is 0 Å². The average molecular weight is 284 g/mol. The fraction of sp³-hybridized carbons (Fsp3) is 0.278. The van der Waals surface area contributed by atoms with Gasteiger partial charge in [0.1, 0.15) is 5.75 Å². The molecule has 1 aliphatic carbocycles. The Morgan fingerprint density at radius 2 is 1.90 bits per heavy atom. The predicted molar refractivity (Wildman–Crippen MR) is 79.5 cm³/mol. The number of carbonyl (C=O) groups is 1. The Morgan fingerprint density at radius 3 is 2.48 bits per heavy atom. The van der Waals surface area contributed by atoms with E-state index in [1.54, 1.807) is 13.0 Å². The molecule has 0 spiro atoms. The van der Waals surface area contributed by atoms with Crippen molar-refractivity contribution in [3.63, 3.8) is 0 Å². The third kappa shape index (κ3) is 3.13. The number of ether oxygens (including phenoxy) is 1. The SMILES string of the molecule is CCC(=O)c1ccc(Oc2ccc(C3CC3)cc2)c(F)c1. The smallest absolute Gasteiger partial charge is 0.166 e. The predicted octanol–water partition coefficient (Wildman–Crippen LogP) is 5.09. The van der Waals surface area contributed by atoms with E-state index in [9.17, 15) is 9.18 Å². The van der Waals surface area contributed by atoms with Crippen LogP contribution in [0.2, 0.25) is 0 Å². The summed E-state index contributed by atoms with van der Waals surface area (Å²) in [5, 5.41) is 0. The number of ketones is 1. The largest absolute Gasteiger partial charge is 0.454 e. The molecule has 0 amide bonds. The molecule has 2 aromatic carbocycles. The molecule has 1 saturated carbocycles. The fourth-order valence-corrected chi connectivity index (χ4v) is 2.31. The molecule has 0 saturated heterocycles. The molecule has 2 nitrogen and oxygen atoms in total. The van der Waals surface area contributed by atoms with Crippen molar-refractivity contribution in [2.75, 3.05) is 0 Å². The van der Waals surface area contributed by atoms with Crippen LogP contribution in [0, 0.1) is 5.82 Å². The minimum atomic E-state index is -0.513. The molecule has 1 fully saturated rings. The van der Waals surface area contributed by atoms with Crippen LogP contribution in [0.4, 0.5) is 4.39 Å². The number of rotatable bonds is 5. The van der Waals surface area contributed by atoms with Gasteiger partial charge in [-0.3, -0.25) is 4.79 Å². The third-order valence-electron chi connectivity index (χ3n) is 3.73. The number of hydrogen-bond donors (Lipinski definition) is 0. The van der Waals surface area contributed by atoms with E-state index < -0.39 is 5.82 Å². The maximum atomic E-state index is 14.0. The molecule has 0 heterocycles. The second-order valence-corrected chi connectivity index (χ2v) is 5.37. The average Bonchev–Trinajstić information content (AvgIpc) is 3.34. The Hall–Kier alpha value is -2.16. The van der Waals surface area contributed by atoms with Crippen molar-refractivity contribution in [3.05, 3.63) is 59.4 Å². The van der Waals surface area contributed by atoms with E-state index >= 15 is 0 Å². The van der Waals surface area contributed by atoms with Crippen LogP contribution in [0.25, 0.3) is 0 Å². The molecule has 108 valence electrons. The number of hydrogen-bond acceptors (Lipinski definition) is 2. The number of halogens is 1. The van der Waals surface area contributed by atoms with Crippen LogP contribution in [0.3, 0.4) is 0 Å². The molecule has 2 aromatic rings. The van der Waals surface area contributed by atoms with Crippen LogP contribution in [0.15, 0.2) is 42.5 Å². The van der Waals surface area contributed by atoms with Gasteiger partial charge in [-0.05, 0) is 54.7 Å². The molecular formula is C18H17FO2. The Balaban J connectivity index is 1.76. The number of Topliss-reactive ketones (excluding diaryl/α,β-unsaturated/α-hetero) is 1. The van der Waals surface area contributed by atoms with Crippen molar-refractivity contribution >= 4 is 5.78 Å². The van der Waals surface area contributed by atoms with Crippen LogP contribution < -0.4 is 4.74 Å². The zero-order chi connectivity index (χ0) is 14.8. The second kappa shape index (κ2) is 5.68. The van der Waals surface area contributed by atoms with Crippen molar-refractivity contribution in [2.24, 2.45) is 0 Å². The molecule has 0 bridgehead atoms. The molecule has 3 rings (SSSR count). The van der Waals surface area contributed by atoms with Crippen LogP contribution in [-0.2, 0) is 0 Å². The summed E-state index contributed by atoms with van der Waals surface area (Å²) in [6.45, 7) is 1.76.